The van der Waals surface area contributed by atoms with Crippen molar-refractivity contribution in [2.24, 2.45) is 17.6 Å². The third-order valence-electron chi connectivity index (χ3n) is 5.69. The molecule has 1 aliphatic carbocycles. The molecule has 164 valence electrons. The largest absolute Gasteiger partial charge is 0.481 e. The number of hydrogen-bond donors (Lipinski definition) is 3. The third kappa shape index (κ3) is 4.71. The first-order valence-electron chi connectivity index (χ1n) is 10.2. The molecule has 0 saturated carbocycles. The van der Waals surface area contributed by atoms with E-state index in [-0.39, 0.29) is 11.0 Å². The van der Waals surface area contributed by atoms with Crippen LogP contribution in [0.3, 0.4) is 0 Å². The minimum absolute atomic E-state index is 0.00297. The highest BCUT2D eigenvalue weighted by Gasteiger charge is 2.35. The van der Waals surface area contributed by atoms with Crippen LogP contribution in [0.2, 0.25) is 0 Å². The first kappa shape index (κ1) is 22.7. The summed E-state index contributed by atoms with van der Waals surface area (Å²) in [5.74, 6) is -3.52. The average Bonchev–Trinajstić information content (AvgIpc) is 3.03. The lowest BCUT2D eigenvalue weighted by molar-refractivity contribution is -0.146. The molecule has 0 saturated heterocycles. The molecule has 7 heteroatoms. The standard InChI is InChI=1S/C24H28N2O4S/c1-13-18(14-9-11-15(12-10-14)24(2,3)4)19(20(25)27)22(31-13)26-21(28)16-7-5-6-8-17(16)23(29)30/h5-6,9-12,16-17H,7-8H2,1-4H3,(H2,25,27)(H,26,28)(H,29,30)/t16-,17+/m0/s1. The highest BCUT2D eigenvalue weighted by Crippen LogP contribution is 2.41. The van der Waals surface area contributed by atoms with Crippen LogP contribution >= 0.6 is 11.3 Å². The van der Waals surface area contributed by atoms with E-state index in [9.17, 15) is 19.5 Å². The average molecular weight is 441 g/mol. The topological polar surface area (TPSA) is 109 Å². The summed E-state index contributed by atoms with van der Waals surface area (Å²) in [7, 11) is 0. The summed E-state index contributed by atoms with van der Waals surface area (Å²) in [6.07, 6.45) is 4.26. The number of amides is 2. The Hall–Kier alpha value is -2.93. The number of carbonyl (C=O) groups excluding carboxylic acids is 2. The molecule has 1 aromatic carbocycles. The van der Waals surface area contributed by atoms with Crippen LogP contribution in [0.15, 0.2) is 36.4 Å². The van der Waals surface area contributed by atoms with Crippen molar-refractivity contribution in [3.05, 3.63) is 52.4 Å². The van der Waals surface area contributed by atoms with Crippen molar-refractivity contribution in [2.75, 3.05) is 5.32 Å². The smallest absolute Gasteiger partial charge is 0.307 e. The summed E-state index contributed by atoms with van der Waals surface area (Å²) in [6.45, 7) is 8.27. The molecule has 2 amide bonds. The van der Waals surface area contributed by atoms with Crippen molar-refractivity contribution < 1.29 is 19.5 Å². The SMILES string of the molecule is Cc1sc(NC(=O)[C@H]2CC=CC[C@H]2C(=O)O)c(C(N)=O)c1-c1ccc(C(C)(C)C)cc1. The van der Waals surface area contributed by atoms with E-state index in [0.717, 1.165) is 10.4 Å². The first-order chi connectivity index (χ1) is 14.5. The second kappa shape index (κ2) is 8.67. The molecule has 2 aromatic rings. The van der Waals surface area contributed by atoms with Gasteiger partial charge < -0.3 is 16.2 Å². The Balaban J connectivity index is 1.96. The minimum Gasteiger partial charge on any atom is -0.481 e. The quantitative estimate of drug-likeness (QED) is 0.584. The van der Waals surface area contributed by atoms with E-state index in [0.29, 0.717) is 23.4 Å². The van der Waals surface area contributed by atoms with Gasteiger partial charge >= 0.3 is 5.97 Å². The number of thiophene rings is 1. The van der Waals surface area contributed by atoms with Crippen molar-refractivity contribution in [1.82, 2.24) is 0 Å². The van der Waals surface area contributed by atoms with Crippen LogP contribution in [-0.4, -0.2) is 22.9 Å². The number of anilines is 1. The summed E-state index contributed by atoms with van der Waals surface area (Å²) in [6, 6.07) is 7.97. The number of hydrogen-bond acceptors (Lipinski definition) is 4. The van der Waals surface area contributed by atoms with Crippen molar-refractivity contribution in [1.29, 1.82) is 0 Å². The second-order valence-corrected chi connectivity index (χ2v) is 10.1. The number of aryl methyl sites for hydroxylation is 1. The molecule has 31 heavy (non-hydrogen) atoms. The van der Waals surface area contributed by atoms with Crippen LogP contribution < -0.4 is 11.1 Å². The van der Waals surface area contributed by atoms with Gasteiger partial charge in [-0.2, -0.15) is 0 Å². The Morgan fingerprint density at radius 1 is 1.06 bits per heavy atom. The second-order valence-electron chi connectivity index (χ2n) is 8.91. The number of nitrogens with two attached hydrogens (primary N) is 1. The lowest BCUT2D eigenvalue weighted by Crippen LogP contribution is -2.35. The van der Waals surface area contributed by atoms with Crippen molar-refractivity contribution in [2.45, 2.75) is 46.0 Å². The van der Waals surface area contributed by atoms with E-state index in [1.807, 2.05) is 37.3 Å². The van der Waals surface area contributed by atoms with Crippen molar-refractivity contribution in [3.63, 3.8) is 0 Å². The molecule has 0 unspecified atom stereocenters. The summed E-state index contributed by atoms with van der Waals surface area (Å²) in [5, 5.41) is 12.6. The van der Waals surface area contributed by atoms with E-state index in [1.54, 1.807) is 6.08 Å². The Bertz CT molecular complexity index is 1040. The van der Waals surface area contributed by atoms with Gasteiger partial charge in [0.25, 0.3) is 5.91 Å². The van der Waals surface area contributed by atoms with Crippen LogP contribution in [0.25, 0.3) is 11.1 Å². The van der Waals surface area contributed by atoms with E-state index >= 15 is 0 Å². The van der Waals surface area contributed by atoms with Gasteiger partial charge in [0.15, 0.2) is 0 Å². The lowest BCUT2D eigenvalue weighted by Gasteiger charge is -2.24. The van der Waals surface area contributed by atoms with Gasteiger partial charge in [-0.1, -0.05) is 57.2 Å². The molecular formula is C24H28N2O4S. The van der Waals surface area contributed by atoms with Gasteiger partial charge in [0, 0.05) is 10.4 Å². The maximum absolute atomic E-state index is 12.9. The van der Waals surface area contributed by atoms with Gasteiger partial charge in [-0.3, -0.25) is 14.4 Å². The number of nitrogens with one attached hydrogen (secondary N) is 1. The molecule has 2 atom stereocenters. The fourth-order valence-corrected chi connectivity index (χ4v) is 5.02. The molecule has 0 fully saturated rings. The fraction of sp³-hybridized carbons (Fsp3) is 0.375. The molecule has 1 heterocycles. The molecule has 1 aliphatic rings. The van der Waals surface area contributed by atoms with Crippen molar-refractivity contribution in [3.8, 4) is 11.1 Å². The van der Waals surface area contributed by atoms with Crippen LogP contribution in [0.4, 0.5) is 5.00 Å². The minimum atomic E-state index is -0.999. The number of allylic oxidation sites excluding steroid dienone is 2. The van der Waals surface area contributed by atoms with E-state index < -0.39 is 29.6 Å². The highest BCUT2D eigenvalue weighted by molar-refractivity contribution is 7.17. The van der Waals surface area contributed by atoms with Gasteiger partial charge in [-0.15, -0.1) is 11.3 Å². The summed E-state index contributed by atoms with van der Waals surface area (Å²) >= 11 is 1.28. The Kier molecular flexibility index (Phi) is 6.36. The number of carboxylic acid groups (broad SMARTS) is 1. The number of carboxylic acids is 1. The van der Waals surface area contributed by atoms with Crippen LogP contribution in [-0.2, 0) is 15.0 Å². The fourth-order valence-electron chi connectivity index (χ4n) is 3.93. The molecule has 0 bridgehead atoms. The molecule has 4 N–H and O–H groups in total. The first-order valence-corrected chi connectivity index (χ1v) is 11.0. The Labute approximate surface area is 186 Å². The predicted molar refractivity (Wildman–Crippen MR) is 123 cm³/mol. The normalized spacial score (nSPS) is 18.6. The number of primary amides is 1. The monoisotopic (exact) mass is 440 g/mol. The molecular weight excluding hydrogens is 412 g/mol. The van der Waals surface area contributed by atoms with E-state index in [2.05, 4.69) is 26.1 Å². The van der Waals surface area contributed by atoms with Gasteiger partial charge in [0.2, 0.25) is 5.91 Å². The maximum Gasteiger partial charge on any atom is 0.307 e. The van der Waals surface area contributed by atoms with Crippen LogP contribution in [0.5, 0.6) is 0 Å². The zero-order valence-electron chi connectivity index (χ0n) is 18.2. The predicted octanol–water partition coefficient (Wildman–Crippen LogP) is 4.73. The Morgan fingerprint density at radius 3 is 2.16 bits per heavy atom. The van der Waals surface area contributed by atoms with E-state index in [4.69, 9.17) is 5.73 Å². The summed E-state index contributed by atoms with van der Waals surface area (Å²) in [4.78, 5) is 37.7. The Morgan fingerprint density at radius 2 is 1.65 bits per heavy atom. The maximum atomic E-state index is 12.9. The number of aliphatic carboxylic acids is 1. The molecule has 1 aromatic heterocycles. The van der Waals surface area contributed by atoms with E-state index in [1.165, 1.54) is 16.9 Å². The van der Waals surface area contributed by atoms with Gasteiger partial charge in [0.05, 0.1) is 17.4 Å². The highest BCUT2D eigenvalue weighted by atomic mass is 32.1. The summed E-state index contributed by atoms with van der Waals surface area (Å²) in [5.41, 5.74) is 8.69. The van der Waals surface area contributed by atoms with Crippen LogP contribution in [0, 0.1) is 18.8 Å². The van der Waals surface area contributed by atoms with Crippen LogP contribution in [0.1, 0.15) is 54.4 Å². The molecule has 6 nitrogen and oxygen atoms in total. The van der Waals surface area contributed by atoms with Gasteiger partial charge in [-0.25, -0.2) is 0 Å². The summed E-state index contributed by atoms with van der Waals surface area (Å²) < 4.78 is 0. The van der Waals surface area contributed by atoms with Gasteiger partial charge in [0.1, 0.15) is 5.00 Å². The zero-order chi connectivity index (χ0) is 22.9. The van der Waals surface area contributed by atoms with Crippen molar-refractivity contribution >= 4 is 34.1 Å². The number of benzene rings is 1. The molecule has 3 rings (SSSR count). The zero-order valence-corrected chi connectivity index (χ0v) is 19.0. The lowest BCUT2D eigenvalue weighted by atomic mass is 9.82. The number of rotatable bonds is 5. The third-order valence-corrected chi connectivity index (χ3v) is 6.71. The molecule has 0 radical (unpaired) electrons. The number of carbonyl (C=O) groups is 3. The van der Waals surface area contributed by atoms with Gasteiger partial charge in [-0.05, 0) is 36.3 Å². The molecule has 0 aliphatic heterocycles. The molecule has 0 spiro atoms.